The molecular weight excluding hydrogens is 363 g/mol. The summed E-state index contributed by atoms with van der Waals surface area (Å²) >= 11 is 5.54. The minimum absolute atomic E-state index is 0.172. The topological polar surface area (TPSA) is 102 Å². The zero-order chi connectivity index (χ0) is 17.7. The number of benzene rings is 1. The summed E-state index contributed by atoms with van der Waals surface area (Å²) in [6, 6.07) is 3.14. The van der Waals surface area contributed by atoms with E-state index in [9.17, 15) is 22.4 Å². The average Bonchev–Trinajstić information content (AvgIpc) is 3.31. The van der Waals surface area contributed by atoms with Gasteiger partial charge in [0.25, 0.3) is 5.91 Å². The maximum Gasteiger partial charge on any atom is 0.307 e. The molecule has 0 bridgehead atoms. The lowest BCUT2D eigenvalue weighted by Crippen LogP contribution is -2.31. The smallest absolute Gasteiger partial charge is 0.307 e. The summed E-state index contributed by atoms with van der Waals surface area (Å²) in [5.74, 6) is -1.82. The predicted octanol–water partition coefficient (Wildman–Crippen LogP) is 0.969. The van der Waals surface area contributed by atoms with Crippen LogP contribution < -0.4 is 10.0 Å². The SMILES string of the molecule is O=C(COC(=O)CCNS(=O)(=O)c1ccc(F)c(Cl)c1)NC1CC1. The molecule has 1 fully saturated rings. The third-order valence-electron chi connectivity index (χ3n) is 3.13. The van der Waals surface area contributed by atoms with Gasteiger partial charge < -0.3 is 10.1 Å². The number of carbonyl (C=O) groups is 2. The molecule has 0 unspecified atom stereocenters. The van der Waals surface area contributed by atoms with E-state index in [1.807, 2.05) is 0 Å². The largest absolute Gasteiger partial charge is 0.456 e. The molecule has 0 atom stereocenters. The van der Waals surface area contributed by atoms with E-state index in [1.165, 1.54) is 0 Å². The summed E-state index contributed by atoms with van der Waals surface area (Å²) in [5, 5.41) is 2.33. The summed E-state index contributed by atoms with van der Waals surface area (Å²) in [4.78, 5) is 22.6. The predicted molar refractivity (Wildman–Crippen MR) is 83.3 cm³/mol. The fourth-order valence-corrected chi connectivity index (χ4v) is 3.03. The van der Waals surface area contributed by atoms with Crippen LogP contribution >= 0.6 is 11.6 Å². The minimum Gasteiger partial charge on any atom is -0.456 e. The molecule has 0 radical (unpaired) electrons. The first kappa shape index (κ1) is 18.6. The number of esters is 1. The van der Waals surface area contributed by atoms with Crippen LogP contribution in [0.2, 0.25) is 5.02 Å². The number of ether oxygens (including phenoxy) is 1. The van der Waals surface area contributed by atoms with E-state index < -0.39 is 28.4 Å². The van der Waals surface area contributed by atoms with Gasteiger partial charge in [0.2, 0.25) is 10.0 Å². The van der Waals surface area contributed by atoms with E-state index >= 15 is 0 Å². The van der Waals surface area contributed by atoms with Crippen LogP contribution in [0.25, 0.3) is 0 Å². The third kappa shape index (κ3) is 5.73. The second kappa shape index (κ2) is 7.91. The summed E-state index contributed by atoms with van der Waals surface area (Å²) in [7, 11) is -3.92. The molecule has 1 aromatic rings. The average molecular weight is 379 g/mol. The number of carbonyl (C=O) groups excluding carboxylic acids is 2. The molecule has 1 aliphatic rings. The van der Waals surface area contributed by atoms with Gasteiger partial charge in [0, 0.05) is 12.6 Å². The molecule has 1 aliphatic carbocycles. The monoisotopic (exact) mass is 378 g/mol. The van der Waals surface area contributed by atoms with Crippen LogP contribution in [0.15, 0.2) is 23.1 Å². The highest BCUT2D eigenvalue weighted by Crippen LogP contribution is 2.19. The molecule has 0 aliphatic heterocycles. The van der Waals surface area contributed by atoms with Crippen molar-refractivity contribution in [3.05, 3.63) is 29.0 Å². The van der Waals surface area contributed by atoms with Crippen LogP contribution in [0.3, 0.4) is 0 Å². The number of sulfonamides is 1. The highest BCUT2D eigenvalue weighted by atomic mass is 35.5. The Hall–Kier alpha value is -1.71. The first-order valence-electron chi connectivity index (χ1n) is 7.17. The second-order valence-corrected chi connectivity index (χ2v) is 7.40. The molecule has 2 N–H and O–H groups in total. The van der Waals surface area contributed by atoms with Crippen molar-refractivity contribution in [2.24, 2.45) is 0 Å². The van der Waals surface area contributed by atoms with Crippen molar-refractivity contribution in [3.63, 3.8) is 0 Å². The molecule has 0 saturated heterocycles. The fourth-order valence-electron chi connectivity index (χ4n) is 1.73. The molecule has 0 aromatic heterocycles. The Labute approximate surface area is 143 Å². The molecule has 1 saturated carbocycles. The first-order chi connectivity index (χ1) is 11.3. The van der Waals surface area contributed by atoms with Crippen LogP contribution in [0.5, 0.6) is 0 Å². The molecule has 0 spiro atoms. The van der Waals surface area contributed by atoms with E-state index in [0.29, 0.717) is 0 Å². The summed E-state index contributed by atoms with van der Waals surface area (Å²) < 4.78 is 43.9. The minimum atomic E-state index is -3.92. The Bertz CT molecular complexity index is 737. The molecule has 10 heteroatoms. The van der Waals surface area contributed by atoms with Crippen molar-refractivity contribution in [1.29, 1.82) is 0 Å². The van der Waals surface area contributed by atoms with Gasteiger partial charge in [0.15, 0.2) is 6.61 Å². The van der Waals surface area contributed by atoms with Gasteiger partial charge in [0.05, 0.1) is 16.3 Å². The molecule has 0 heterocycles. The van der Waals surface area contributed by atoms with Crippen LogP contribution in [0.4, 0.5) is 4.39 Å². The van der Waals surface area contributed by atoms with E-state index in [2.05, 4.69) is 10.0 Å². The van der Waals surface area contributed by atoms with Crippen LogP contribution in [0.1, 0.15) is 19.3 Å². The zero-order valence-corrected chi connectivity index (χ0v) is 14.1. The highest BCUT2D eigenvalue weighted by Gasteiger charge is 2.23. The van der Waals surface area contributed by atoms with Crippen LogP contribution in [0, 0.1) is 5.82 Å². The molecule has 7 nitrogen and oxygen atoms in total. The zero-order valence-electron chi connectivity index (χ0n) is 12.6. The maximum atomic E-state index is 13.0. The van der Waals surface area contributed by atoms with Gasteiger partial charge in [0.1, 0.15) is 5.82 Å². The van der Waals surface area contributed by atoms with Gasteiger partial charge >= 0.3 is 5.97 Å². The lowest BCUT2D eigenvalue weighted by Gasteiger charge is -2.08. The molecule has 1 aromatic carbocycles. The number of rotatable bonds is 8. The molecule has 2 rings (SSSR count). The first-order valence-corrected chi connectivity index (χ1v) is 9.04. The highest BCUT2D eigenvalue weighted by molar-refractivity contribution is 7.89. The fraction of sp³-hybridized carbons (Fsp3) is 0.429. The molecule has 132 valence electrons. The summed E-state index contributed by atoms with van der Waals surface area (Å²) in [6.07, 6.45) is 1.61. The van der Waals surface area contributed by atoms with Gasteiger partial charge in [-0.15, -0.1) is 0 Å². The Kier molecular flexibility index (Phi) is 6.14. The third-order valence-corrected chi connectivity index (χ3v) is 4.88. The van der Waals surface area contributed by atoms with E-state index in [4.69, 9.17) is 16.3 Å². The Balaban J connectivity index is 1.74. The van der Waals surface area contributed by atoms with Crippen LogP contribution in [-0.4, -0.2) is 39.5 Å². The maximum absolute atomic E-state index is 13.0. The van der Waals surface area contributed by atoms with Gasteiger partial charge in [-0.2, -0.15) is 0 Å². The Morgan fingerprint density at radius 1 is 1.33 bits per heavy atom. The van der Waals surface area contributed by atoms with Gasteiger partial charge in [-0.3, -0.25) is 9.59 Å². The van der Waals surface area contributed by atoms with Crippen molar-refractivity contribution in [2.45, 2.75) is 30.2 Å². The van der Waals surface area contributed by atoms with E-state index in [0.717, 1.165) is 31.0 Å². The Morgan fingerprint density at radius 2 is 2.04 bits per heavy atom. The van der Waals surface area contributed by atoms with Gasteiger partial charge in [-0.25, -0.2) is 17.5 Å². The van der Waals surface area contributed by atoms with Crippen molar-refractivity contribution in [2.75, 3.05) is 13.2 Å². The van der Waals surface area contributed by atoms with E-state index in [-0.39, 0.29) is 34.8 Å². The van der Waals surface area contributed by atoms with E-state index in [1.54, 1.807) is 0 Å². The second-order valence-electron chi connectivity index (χ2n) is 5.23. The number of halogens is 2. The standard InChI is InChI=1S/C14H16ClFN2O5S/c15-11-7-10(3-4-12(11)16)24(21,22)17-6-5-14(20)23-8-13(19)18-9-1-2-9/h3-4,7,9,17H,1-2,5-6,8H2,(H,18,19). The number of hydrogen-bond acceptors (Lipinski definition) is 5. The number of amides is 1. The van der Waals surface area contributed by atoms with Gasteiger partial charge in [-0.05, 0) is 31.0 Å². The summed E-state index contributed by atoms with van der Waals surface area (Å²) in [5.41, 5.74) is 0. The molecule has 1 amide bonds. The summed E-state index contributed by atoms with van der Waals surface area (Å²) in [6.45, 7) is -0.615. The quantitative estimate of drug-likeness (QED) is 0.656. The lowest BCUT2D eigenvalue weighted by molar-refractivity contribution is -0.148. The Morgan fingerprint density at radius 3 is 2.67 bits per heavy atom. The number of hydrogen-bond donors (Lipinski definition) is 2. The van der Waals surface area contributed by atoms with Gasteiger partial charge in [-0.1, -0.05) is 11.6 Å². The normalized spacial score (nSPS) is 14.2. The number of nitrogens with one attached hydrogen (secondary N) is 2. The van der Waals surface area contributed by atoms with Crippen molar-refractivity contribution in [3.8, 4) is 0 Å². The van der Waals surface area contributed by atoms with Crippen LogP contribution in [-0.2, 0) is 24.3 Å². The van der Waals surface area contributed by atoms with Crippen molar-refractivity contribution < 1.29 is 27.1 Å². The van der Waals surface area contributed by atoms with Crippen molar-refractivity contribution in [1.82, 2.24) is 10.0 Å². The lowest BCUT2D eigenvalue weighted by atomic mass is 10.3. The molecular formula is C14H16ClFN2O5S. The molecule has 24 heavy (non-hydrogen) atoms. The van der Waals surface area contributed by atoms with Crippen molar-refractivity contribution >= 4 is 33.5 Å².